The van der Waals surface area contributed by atoms with Gasteiger partial charge in [0.05, 0.1) is 5.52 Å². The largest absolute Gasteiger partial charge is 0.384 e. The van der Waals surface area contributed by atoms with E-state index < -0.39 is 0 Å². The lowest BCUT2D eigenvalue weighted by Crippen LogP contribution is -2.02. The van der Waals surface area contributed by atoms with Gasteiger partial charge in [-0.2, -0.15) is 0 Å². The Morgan fingerprint density at radius 1 is 1.39 bits per heavy atom. The fourth-order valence-corrected chi connectivity index (χ4v) is 2.68. The van der Waals surface area contributed by atoms with Crippen molar-refractivity contribution in [3.63, 3.8) is 0 Å². The molecule has 1 aliphatic carbocycles. The van der Waals surface area contributed by atoms with Crippen LogP contribution in [0.5, 0.6) is 0 Å². The smallest absolute Gasteiger partial charge is 0.0868 e. The number of hydrogen-bond donors (Lipinski definition) is 1. The van der Waals surface area contributed by atoms with Crippen molar-refractivity contribution in [1.29, 1.82) is 0 Å². The molecule has 0 bridgehead atoms. The van der Waals surface area contributed by atoms with E-state index >= 15 is 0 Å². The maximum Gasteiger partial charge on any atom is 0.0868 e. The summed E-state index contributed by atoms with van der Waals surface area (Å²) in [7, 11) is 0. The molecule has 1 aromatic heterocycles. The molecule has 3 heteroatoms. The molecule has 0 atom stereocenters. The fourth-order valence-electron chi connectivity index (χ4n) is 2.23. The monoisotopic (exact) mass is 304 g/mol. The Morgan fingerprint density at radius 2 is 2.22 bits per heavy atom. The third-order valence-corrected chi connectivity index (χ3v) is 4.01. The molecule has 0 unspecified atom stereocenters. The van der Waals surface area contributed by atoms with E-state index in [1.165, 1.54) is 29.6 Å². The molecule has 1 aliphatic rings. The fraction of sp³-hybridized carbons (Fsp3) is 0.400. The van der Waals surface area contributed by atoms with Crippen LogP contribution in [-0.2, 0) is 0 Å². The van der Waals surface area contributed by atoms with E-state index in [-0.39, 0.29) is 0 Å². The highest BCUT2D eigenvalue weighted by molar-refractivity contribution is 9.10. The Kier molecular flexibility index (Phi) is 3.25. The molecule has 0 aliphatic heterocycles. The van der Waals surface area contributed by atoms with Crippen molar-refractivity contribution >= 4 is 32.5 Å². The van der Waals surface area contributed by atoms with Crippen molar-refractivity contribution in [2.45, 2.75) is 32.1 Å². The molecule has 1 N–H and O–H groups in total. The van der Waals surface area contributed by atoms with Crippen molar-refractivity contribution in [2.75, 3.05) is 11.9 Å². The van der Waals surface area contributed by atoms with Crippen molar-refractivity contribution in [3.8, 4) is 0 Å². The molecule has 2 nitrogen and oxygen atoms in total. The summed E-state index contributed by atoms with van der Waals surface area (Å²) in [4.78, 5) is 4.82. The summed E-state index contributed by atoms with van der Waals surface area (Å²) in [5.41, 5.74) is 3.55. The minimum Gasteiger partial charge on any atom is -0.384 e. The van der Waals surface area contributed by atoms with Gasteiger partial charge >= 0.3 is 0 Å². The minimum absolute atomic E-state index is 0.684. The zero-order valence-corrected chi connectivity index (χ0v) is 12.1. The van der Waals surface area contributed by atoms with Gasteiger partial charge in [-0.05, 0) is 47.3 Å². The zero-order chi connectivity index (χ0) is 12.5. The highest BCUT2D eigenvalue weighted by Crippen LogP contribution is 2.41. The van der Waals surface area contributed by atoms with E-state index in [9.17, 15) is 0 Å². The Bertz CT molecular complexity index is 576. The van der Waals surface area contributed by atoms with Crippen LogP contribution in [0.3, 0.4) is 0 Å². The molecule has 2 aromatic rings. The highest BCUT2D eigenvalue weighted by Gasteiger charge is 2.26. The molecule has 0 spiro atoms. The van der Waals surface area contributed by atoms with E-state index in [0.717, 1.165) is 23.0 Å². The van der Waals surface area contributed by atoms with E-state index in [1.807, 2.05) is 0 Å². The van der Waals surface area contributed by atoms with Gasteiger partial charge in [0, 0.05) is 33.7 Å². The second-order valence-electron chi connectivity index (χ2n) is 4.93. The van der Waals surface area contributed by atoms with Crippen LogP contribution in [0.4, 0.5) is 5.69 Å². The normalized spacial score (nSPS) is 15.0. The highest BCUT2D eigenvalue weighted by atomic mass is 79.9. The van der Waals surface area contributed by atoms with E-state index in [2.05, 4.69) is 52.4 Å². The first-order valence-electron chi connectivity index (χ1n) is 6.62. The first-order valence-corrected chi connectivity index (χ1v) is 7.42. The van der Waals surface area contributed by atoms with Gasteiger partial charge in [-0.15, -0.1) is 0 Å². The maximum absolute atomic E-state index is 4.82. The van der Waals surface area contributed by atoms with Gasteiger partial charge in [0.1, 0.15) is 0 Å². The number of fused-ring (bicyclic) bond motifs is 1. The second-order valence-corrected chi connectivity index (χ2v) is 5.79. The number of anilines is 1. The van der Waals surface area contributed by atoms with Crippen LogP contribution in [-0.4, -0.2) is 11.5 Å². The Hall–Kier alpha value is -1.09. The predicted molar refractivity (Wildman–Crippen MR) is 80.2 cm³/mol. The lowest BCUT2D eigenvalue weighted by atomic mass is 10.1. The number of nitrogens with one attached hydrogen (secondary N) is 1. The molecular weight excluding hydrogens is 288 g/mol. The number of aromatic nitrogens is 1. The Balaban J connectivity index is 2.14. The standard InChI is InChI=1S/C15H17BrN2/c1-2-8-17-14-9-13(10-6-7-10)18-15-11(14)4-3-5-12(15)16/h3-5,9-10H,2,6-8H2,1H3,(H,17,18). The number of halogens is 1. The van der Waals surface area contributed by atoms with Crippen LogP contribution in [0, 0.1) is 0 Å². The SMILES string of the molecule is CCCNc1cc(C2CC2)nc2c(Br)cccc12. The number of para-hydroxylation sites is 1. The van der Waals surface area contributed by atoms with E-state index in [0.29, 0.717) is 5.92 Å². The zero-order valence-electron chi connectivity index (χ0n) is 10.5. The molecule has 0 amide bonds. The van der Waals surface area contributed by atoms with Gasteiger partial charge < -0.3 is 5.32 Å². The van der Waals surface area contributed by atoms with E-state index in [4.69, 9.17) is 4.98 Å². The van der Waals surface area contributed by atoms with Gasteiger partial charge in [0.2, 0.25) is 0 Å². The van der Waals surface area contributed by atoms with Crippen molar-refractivity contribution in [1.82, 2.24) is 4.98 Å². The number of nitrogens with zero attached hydrogens (tertiary/aromatic N) is 1. The number of rotatable bonds is 4. The average Bonchev–Trinajstić information content (AvgIpc) is 3.21. The van der Waals surface area contributed by atoms with Crippen molar-refractivity contribution < 1.29 is 0 Å². The van der Waals surface area contributed by atoms with Gasteiger partial charge in [-0.3, -0.25) is 4.98 Å². The van der Waals surface area contributed by atoms with Gasteiger partial charge in [0.25, 0.3) is 0 Å². The number of hydrogen-bond acceptors (Lipinski definition) is 2. The van der Waals surface area contributed by atoms with Crippen molar-refractivity contribution in [2.24, 2.45) is 0 Å². The van der Waals surface area contributed by atoms with Crippen LogP contribution in [0.25, 0.3) is 10.9 Å². The molecule has 1 aromatic carbocycles. The van der Waals surface area contributed by atoms with Crippen LogP contribution >= 0.6 is 15.9 Å². The summed E-state index contributed by atoms with van der Waals surface area (Å²) < 4.78 is 1.09. The van der Waals surface area contributed by atoms with Crippen LogP contribution < -0.4 is 5.32 Å². The predicted octanol–water partition coefficient (Wildman–Crippen LogP) is 4.70. The van der Waals surface area contributed by atoms with Gasteiger partial charge in [-0.1, -0.05) is 19.1 Å². The van der Waals surface area contributed by atoms with Crippen LogP contribution in [0.15, 0.2) is 28.7 Å². The molecule has 1 fully saturated rings. The molecule has 94 valence electrons. The number of pyridine rings is 1. The average molecular weight is 305 g/mol. The van der Waals surface area contributed by atoms with E-state index in [1.54, 1.807) is 0 Å². The number of benzene rings is 1. The topological polar surface area (TPSA) is 24.9 Å². The van der Waals surface area contributed by atoms with Gasteiger partial charge in [-0.25, -0.2) is 0 Å². The quantitative estimate of drug-likeness (QED) is 0.886. The summed E-state index contributed by atoms with van der Waals surface area (Å²) in [5, 5.41) is 4.74. The summed E-state index contributed by atoms with van der Waals surface area (Å²) in [5.74, 6) is 0.684. The molecule has 0 radical (unpaired) electrons. The van der Waals surface area contributed by atoms with Crippen molar-refractivity contribution in [3.05, 3.63) is 34.4 Å². The molecule has 18 heavy (non-hydrogen) atoms. The second kappa shape index (κ2) is 4.88. The Labute approximate surface area is 116 Å². The first kappa shape index (κ1) is 12.0. The third-order valence-electron chi connectivity index (χ3n) is 3.37. The molecule has 3 rings (SSSR count). The van der Waals surface area contributed by atoms with Crippen LogP contribution in [0.1, 0.15) is 37.8 Å². The van der Waals surface area contributed by atoms with Gasteiger partial charge in [0.15, 0.2) is 0 Å². The molecule has 0 saturated heterocycles. The summed E-state index contributed by atoms with van der Waals surface area (Å²) in [6, 6.07) is 8.52. The minimum atomic E-state index is 0.684. The lowest BCUT2D eigenvalue weighted by molar-refractivity contribution is 0.976. The van der Waals surface area contributed by atoms with Crippen LogP contribution in [0.2, 0.25) is 0 Å². The molecule has 1 heterocycles. The summed E-state index contributed by atoms with van der Waals surface area (Å²) >= 11 is 3.61. The summed E-state index contributed by atoms with van der Waals surface area (Å²) in [6.07, 6.45) is 3.71. The first-order chi connectivity index (χ1) is 8.79. The lowest BCUT2D eigenvalue weighted by Gasteiger charge is -2.12. The third kappa shape index (κ3) is 2.24. The maximum atomic E-state index is 4.82. The Morgan fingerprint density at radius 3 is 2.94 bits per heavy atom. The molecule has 1 saturated carbocycles. The summed E-state index contributed by atoms with van der Waals surface area (Å²) in [6.45, 7) is 3.20. The molecular formula is C15H17BrN2.